The molecule has 0 aliphatic rings. The Morgan fingerprint density at radius 3 is 2.55 bits per heavy atom. The van der Waals surface area contributed by atoms with Crippen molar-refractivity contribution in [1.29, 1.82) is 0 Å². The second-order valence-corrected chi connectivity index (χ2v) is 3.04. The normalized spacial score (nSPS) is 10.9. The van der Waals surface area contributed by atoms with Gasteiger partial charge < -0.3 is 9.84 Å². The van der Waals surface area contributed by atoms with Gasteiger partial charge in [0.1, 0.15) is 0 Å². The third-order valence-electron chi connectivity index (χ3n) is 1.43. The number of hydrogen-bond acceptors (Lipinski definition) is 3. The van der Waals surface area contributed by atoms with Crippen LogP contribution in [-0.4, -0.2) is 55.3 Å². The first-order valence-corrected chi connectivity index (χ1v) is 4.85. The molecule has 0 unspecified atom stereocenters. The van der Waals surface area contributed by atoms with Gasteiger partial charge in [0.25, 0.3) is 0 Å². The highest BCUT2D eigenvalue weighted by Crippen LogP contribution is 1.90. The largest absolute Gasteiger partial charge is 0.395 e. The summed E-state index contributed by atoms with van der Waals surface area (Å²) in [5.74, 6) is 0. The van der Waals surface area contributed by atoms with E-state index in [1.165, 1.54) is 0 Å². The molecule has 1 N–H and O–H groups in total. The standard InChI is InChI=1S/C7H16BrNO2/c1-11-7-5-9(3-2-8)4-6-10/h10H,2-7H2,1H3. The highest BCUT2D eigenvalue weighted by Gasteiger charge is 2.01. The van der Waals surface area contributed by atoms with Crippen molar-refractivity contribution in [2.75, 3.05) is 45.3 Å². The van der Waals surface area contributed by atoms with Crippen LogP contribution in [0.4, 0.5) is 0 Å². The molecule has 0 aliphatic carbocycles. The molecule has 0 spiro atoms. The monoisotopic (exact) mass is 225 g/mol. The van der Waals surface area contributed by atoms with E-state index in [1.54, 1.807) is 7.11 Å². The van der Waals surface area contributed by atoms with Gasteiger partial charge in [-0.1, -0.05) is 15.9 Å². The second kappa shape index (κ2) is 8.46. The van der Waals surface area contributed by atoms with Crippen LogP contribution in [0.25, 0.3) is 0 Å². The first-order chi connectivity index (χ1) is 5.35. The van der Waals surface area contributed by atoms with Crippen LogP contribution in [0.2, 0.25) is 0 Å². The van der Waals surface area contributed by atoms with Gasteiger partial charge in [0.15, 0.2) is 0 Å². The molecule has 0 aliphatic heterocycles. The third-order valence-corrected chi connectivity index (χ3v) is 1.78. The van der Waals surface area contributed by atoms with Gasteiger partial charge in [-0.3, -0.25) is 4.90 Å². The summed E-state index contributed by atoms with van der Waals surface area (Å²) in [4.78, 5) is 2.15. The minimum atomic E-state index is 0.219. The maximum Gasteiger partial charge on any atom is 0.0589 e. The molecule has 0 amide bonds. The average molecular weight is 226 g/mol. The van der Waals surface area contributed by atoms with Crippen LogP contribution in [0.5, 0.6) is 0 Å². The van der Waals surface area contributed by atoms with Crippen molar-refractivity contribution in [2.24, 2.45) is 0 Å². The van der Waals surface area contributed by atoms with Gasteiger partial charge in [0.2, 0.25) is 0 Å². The number of aliphatic hydroxyl groups is 1. The predicted molar refractivity (Wildman–Crippen MR) is 49.2 cm³/mol. The molecule has 68 valence electrons. The Morgan fingerprint density at radius 2 is 2.09 bits per heavy atom. The topological polar surface area (TPSA) is 32.7 Å². The van der Waals surface area contributed by atoms with Gasteiger partial charge >= 0.3 is 0 Å². The Morgan fingerprint density at radius 1 is 1.36 bits per heavy atom. The smallest absolute Gasteiger partial charge is 0.0589 e. The molecule has 0 radical (unpaired) electrons. The number of nitrogens with zero attached hydrogens (tertiary/aromatic N) is 1. The lowest BCUT2D eigenvalue weighted by Gasteiger charge is -2.18. The molecule has 0 aromatic rings. The summed E-state index contributed by atoms with van der Waals surface area (Å²) in [7, 11) is 1.69. The minimum absolute atomic E-state index is 0.219. The molecule has 4 heteroatoms. The summed E-state index contributed by atoms with van der Waals surface area (Å²) < 4.78 is 4.93. The van der Waals surface area contributed by atoms with Crippen molar-refractivity contribution in [3.63, 3.8) is 0 Å². The first-order valence-electron chi connectivity index (χ1n) is 3.73. The van der Waals surface area contributed by atoms with Gasteiger partial charge in [-0.25, -0.2) is 0 Å². The Hall–Kier alpha value is 0.360. The number of methoxy groups -OCH3 is 1. The Balaban J connectivity index is 3.34. The molecule has 3 nitrogen and oxygen atoms in total. The van der Waals surface area contributed by atoms with Gasteiger partial charge in [-0.15, -0.1) is 0 Å². The second-order valence-electron chi connectivity index (χ2n) is 2.25. The number of halogens is 1. The van der Waals surface area contributed by atoms with Crippen LogP contribution in [-0.2, 0) is 4.74 Å². The average Bonchev–Trinajstić information content (AvgIpc) is 2.01. The van der Waals surface area contributed by atoms with Crippen molar-refractivity contribution < 1.29 is 9.84 Å². The van der Waals surface area contributed by atoms with Crippen LogP contribution in [0.3, 0.4) is 0 Å². The summed E-state index contributed by atoms with van der Waals surface area (Å²) >= 11 is 3.35. The number of aliphatic hydroxyl groups excluding tert-OH is 1. The molecule has 0 fully saturated rings. The summed E-state index contributed by atoms with van der Waals surface area (Å²) in [5, 5.41) is 9.61. The lowest BCUT2D eigenvalue weighted by molar-refractivity contribution is 0.135. The Kier molecular flexibility index (Phi) is 8.73. The SMILES string of the molecule is COCCN(CCO)CCBr. The zero-order valence-corrected chi connectivity index (χ0v) is 8.51. The molecule has 0 saturated heterocycles. The fourth-order valence-electron chi connectivity index (χ4n) is 0.817. The van der Waals surface area contributed by atoms with E-state index in [0.717, 1.165) is 31.6 Å². The van der Waals surface area contributed by atoms with Crippen molar-refractivity contribution in [1.82, 2.24) is 4.90 Å². The summed E-state index contributed by atoms with van der Waals surface area (Å²) in [5.41, 5.74) is 0. The van der Waals surface area contributed by atoms with E-state index < -0.39 is 0 Å². The quantitative estimate of drug-likeness (QED) is 0.634. The van der Waals surface area contributed by atoms with E-state index in [4.69, 9.17) is 9.84 Å². The van der Waals surface area contributed by atoms with Crippen molar-refractivity contribution in [3.8, 4) is 0 Å². The lowest BCUT2D eigenvalue weighted by Crippen LogP contribution is -2.31. The molecule has 0 bridgehead atoms. The van der Waals surface area contributed by atoms with Crippen LogP contribution < -0.4 is 0 Å². The molecule has 0 aromatic carbocycles. The molecule has 0 saturated carbocycles. The zero-order valence-electron chi connectivity index (χ0n) is 6.92. The van der Waals surface area contributed by atoms with Crippen LogP contribution in [0.1, 0.15) is 0 Å². The van der Waals surface area contributed by atoms with E-state index in [0.29, 0.717) is 0 Å². The molecule has 0 aromatic heterocycles. The number of ether oxygens (including phenoxy) is 1. The maximum absolute atomic E-state index is 8.66. The number of rotatable bonds is 7. The Labute approximate surface area is 76.5 Å². The van der Waals surface area contributed by atoms with E-state index >= 15 is 0 Å². The number of hydrogen-bond donors (Lipinski definition) is 1. The maximum atomic E-state index is 8.66. The number of alkyl halides is 1. The molecular weight excluding hydrogens is 210 g/mol. The molecule has 11 heavy (non-hydrogen) atoms. The third kappa shape index (κ3) is 6.75. The fourth-order valence-corrected chi connectivity index (χ4v) is 1.32. The van der Waals surface area contributed by atoms with Crippen LogP contribution >= 0.6 is 15.9 Å². The van der Waals surface area contributed by atoms with Crippen molar-refractivity contribution >= 4 is 15.9 Å². The summed E-state index contributed by atoms with van der Waals surface area (Å²) in [6.45, 7) is 3.53. The Bertz CT molecular complexity index is 76.8. The van der Waals surface area contributed by atoms with E-state index in [2.05, 4.69) is 20.8 Å². The predicted octanol–water partition coefficient (Wildman–Crippen LogP) is 0.322. The first kappa shape index (κ1) is 11.4. The van der Waals surface area contributed by atoms with Gasteiger partial charge in [0, 0.05) is 32.1 Å². The van der Waals surface area contributed by atoms with Crippen molar-refractivity contribution in [2.45, 2.75) is 0 Å². The zero-order chi connectivity index (χ0) is 8.53. The lowest BCUT2D eigenvalue weighted by atomic mass is 10.5. The molecule has 0 atom stereocenters. The van der Waals surface area contributed by atoms with E-state index in [9.17, 15) is 0 Å². The fraction of sp³-hybridized carbons (Fsp3) is 1.00. The summed E-state index contributed by atoms with van der Waals surface area (Å²) in [6.07, 6.45) is 0. The molecule has 0 rings (SSSR count). The van der Waals surface area contributed by atoms with E-state index in [-0.39, 0.29) is 6.61 Å². The van der Waals surface area contributed by atoms with Crippen LogP contribution in [0.15, 0.2) is 0 Å². The van der Waals surface area contributed by atoms with Crippen LogP contribution in [0, 0.1) is 0 Å². The van der Waals surface area contributed by atoms with Gasteiger partial charge in [0.05, 0.1) is 13.2 Å². The summed E-state index contributed by atoms with van der Waals surface area (Å²) in [6, 6.07) is 0. The molecular formula is C7H16BrNO2. The highest BCUT2D eigenvalue weighted by molar-refractivity contribution is 9.09. The molecule has 0 heterocycles. The van der Waals surface area contributed by atoms with Crippen molar-refractivity contribution in [3.05, 3.63) is 0 Å². The van der Waals surface area contributed by atoms with E-state index in [1.807, 2.05) is 0 Å². The van der Waals surface area contributed by atoms with Gasteiger partial charge in [-0.05, 0) is 0 Å². The highest BCUT2D eigenvalue weighted by atomic mass is 79.9. The minimum Gasteiger partial charge on any atom is -0.395 e. The van der Waals surface area contributed by atoms with Gasteiger partial charge in [-0.2, -0.15) is 0 Å².